The summed E-state index contributed by atoms with van der Waals surface area (Å²) in [4.78, 5) is 0. The van der Waals surface area contributed by atoms with Gasteiger partial charge in [-0.2, -0.15) is 0 Å². The van der Waals surface area contributed by atoms with Crippen LogP contribution in [0.4, 0.5) is 6.01 Å². The van der Waals surface area contributed by atoms with Gasteiger partial charge >= 0.3 is 6.01 Å². The van der Waals surface area contributed by atoms with Crippen LogP contribution >= 0.6 is 0 Å². The van der Waals surface area contributed by atoms with E-state index in [1.807, 2.05) is 0 Å². The number of aromatic nitrogens is 2. The summed E-state index contributed by atoms with van der Waals surface area (Å²) in [7, 11) is 1.69. The third-order valence-corrected chi connectivity index (χ3v) is 2.10. The Hall–Kier alpha value is -1.14. The van der Waals surface area contributed by atoms with Crippen molar-refractivity contribution < 1.29 is 9.15 Å². The monoisotopic (exact) mass is 242 g/mol. The van der Waals surface area contributed by atoms with E-state index in [-0.39, 0.29) is 0 Å². The van der Waals surface area contributed by atoms with E-state index in [0.29, 0.717) is 24.4 Å². The molecule has 2 N–H and O–H groups in total. The molecule has 0 aliphatic heterocycles. The van der Waals surface area contributed by atoms with Gasteiger partial charge in [0.2, 0.25) is 5.89 Å². The fraction of sp³-hybridized carbons (Fsp3) is 0.818. The highest BCUT2D eigenvalue weighted by Gasteiger charge is 2.04. The Labute approximate surface area is 102 Å². The van der Waals surface area contributed by atoms with Crippen LogP contribution in [0.3, 0.4) is 0 Å². The minimum Gasteiger partial charge on any atom is -0.407 e. The van der Waals surface area contributed by atoms with Crippen LogP contribution in [0.5, 0.6) is 0 Å². The molecule has 1 aromatic heterocycles. The number of anilines is 1. The lowest BCUT2D eigenvalue weighted by Gasteiger charge is -2.03. The van der Waals surface area contributed by atoms with Gasteiger partial charge in [-0.25, -0.2) is 0 Å². The normalized spacial score (nSPS) is 11.1. The van der Waals surface area contributed by atoms with E-state index >= 15 is 0 Å². The molecule has 6 heteroatoms. The lowest BCUT2D eigenvalue weighted by atomic mass is 10.2. The number of hydrogen-bond donors (Lipinski definition) is 2. The maximum absolute atomic E-state index is 5.41. The molecule has 0 bridgehead atoms. The van der Waals surface area contributed by atoms with Crippen molar-refractivity contribution in [2.24, 2.45) is 5.92 Å². The van der Waals surface area contributed by atoms with Crippen molar-refractivity contribution in [3.05, 3.63) is 5.89 Å². The first kappa shape index (κ1) is 13.9. The van der Waals surface area contributed by atoms with Crippen LogP contribution in [0, 0.1) is 5.92 Å². The molecule has 98 valence electrons. The van der Waals surface area contributed by atoms with Gasteiger partial charge in [-0.1, -0.05) is 18.9 Å². The van der Waals surface area contributed by atoms with E-state index in [1.54, 1.807) is 7.11 Å². The van der Waals surface area contributed by atoms with Crippen molar-refractivity contribution in [1.29, 1.82) is 0 Å². The lowest BCUT2D eigenvalue weighted by molar-refractivity contribution is 0.197. The average molecular weight is 242 g/mol. The smallest absolute Gasteiger partial charge is 0.315 e. The number of methoxy groups -OCH3 is 1. The Morgan fingerprint density at radius 1 is 1.35 bits per heavy atom. The van der Waals surface area contributed by atoms with Gasteiger partial charge in [0.15, 0.2) is 0 Å². The first-order valence-corrected chi connectivity index (χ1v) is 5.98. The summed E-state index contributed by atoms with van der Waals surface area (Å²) in [5, 5.41) is 14.1. The minimum atomic E-state index is 0.474. The van der Waals surface area contributed by atoms with Crippen LogP contribution in [0.2, 0.25) is 0 Å². The van der Waals surface area contributed by atoms with Gasteiger partial charge in [0, 0.05) is 20.3 Å². The van der Waals surface area contributed by atoms with Crippen LogP contribution in [0.1, 0.15) is 26.2 Å². The van der Waals surface area contributed by atoms with Crippen molar-refractivity contribution in [1.82, 2.24) is 15.5 Å². The predicted molar refractivity (Wildman–Crippen MR) is 65.8 cm³/mol. The van der Waals surface area contributed by atoms with Gasteiger partial charge in [0.1, 0.15) is 0 Å². The molecule has 17 heavy (non-hydrogen) atoms. The molecule has 0 aliphatic carbocycles. The molecule has 0 unspecified atom stereocenters. The van der Waals surface area contributed by atoms with Crippen LogP contribution in [0.25, 0.3) is 0 Å². The molecule has 0 amide bonds. The molecule has 0 aliphatic rings. The third-order valence-electron chi connectivity index (χ3n) is 2.10. The van der Waals surface area contributed by atoms with E-state index in [1.165, 1.54) is 0 Å². The predicted octanol–water partition coefficient (Wildman–Crippen LogP) is 1.26. The molecule has 0 atom stereocenters. The second-order valence-corrected chi connectivity index (χ2v) is 4.30. The number of rotatable bonds is 9. The van der Waals surface area contributed by atoms with Crippen LogP contribution < -0.4 is 10.6 Å². The van der Waals surface area contributed by atoms with Gasteiger partial charge in [-0.15, -0.1) is 5.10 Å². The van der Waals surface area contributed by atoms with Crippen molar-refractivity contribution in [2.45, 2.75) is 26.8 Å². The zero-order chi connectivity index (χ0) is 12.5. The zero-order valence-electron chi connectivity index (χ0n) is 10.8. The van der Waals surface area contributed by atoms with E-state index < -0.39 is 0 Å². The second-order valence-electron chi connectivity index (χ2n) is 4.30. The molecule has 6 nitrogen and oxygen atoms in total. The first-order chi connectivity index (χ1) is 8.22. The molecular weight excluding hydrogens is 220 g/mol. The maximum Gasteiger partial charge on any atom is 0.315 e. The number of hydrogen-bond acceptors (Lipinski definition) is 6. The van der Waals surface area contributed by atoms with Gasteiger partial charge in [-0.3, -0.25) is 0 Å². The fourth-order valence-electron chi connectivity index (χ4n) is 1.28. The Balaban J connectivity index is 2.18. The van der Waals surface area contributed by atoms with Crippen LogP contribution in [0.15, 0.2) is 4.42 Å². The van der Waals surface area contributed by atoms with Crippen LogP contribution in [-0.4, -0.2) is 37.0 Å². The highest BCUT2D eigenvalue weighted by molar-refractivity contribution is 5.16. The Kier molecular flexibility index (Phi) is 6.57. The molecule has 1 heterocycles. The molecular formula is C11H22N4O2. The number of ether oxygens (including phenoxy) is 1. The van der Waals surface area contributed by atoms with Crippen molar-refractivity contribution in [3.63, 3.8) is 0 Å². The topological polar surface area (TPSA) is 72.2 Å². The largest absolute Gasteiger partial charge is 0.407 e. The van der Waals surface area contributed by atoms with Crippen molar-refractivity contribution >= 4 is 6.01 Å². The van der Waals surface area contributed by atoms with Gasteiger partial charge in [0.05, 0.1) is 6.54 Å². The Morgan fingerprint density at radius 2 is 2.18 bits per heavy atom. The number of nitrogens with zero attached hydrogens (tertiary/aromatic N) is 2. The molecule has 1 rings (SSSR count). The van der Waals surface area contributed by atoms with Crippen LogP contribution in [-0.2, 0) is 11.3 Å². The summed E-state index contributed by atoms with van der Waals surface area (Å²) >= 11 is 0. The second kappa shape index (κ2) is 8.03. The van der Waals surface area contributed by atoms with Gasteiger partial charge in [0.25, 0.3) is 0 Å². The molecule has 0 aromatic carbocycles. The van der Waals surface area contributed by atoms with Gasteiger partial charge in [-0.05, 0) is 18.9 Å². The maximum atomic E-state index is 5.41. The number of nitrogens with one attached hydrogen (secondary N) is 2. The summed E-state index contributed by atoms with van der Waals surface area (Å²) in [5.41, 5.74) is 0. The molecule has 0 saturated heterocycles. The standard InChI is InChI=1S/C11H22N4O2/c1-9(2)7-12-8-10-14-15-11(17-10)13-5-4-6-16-3/h9,12H,4-8H2,1-3H3,(H,13,15). The molecule has 0 radical (unpaired) electrons. The third kappa shape index (κ3) is 6.23. The zero-order valence-corrected chi connectivity index (χ0v) is 10.8. The van der Waals surface area contributed by atoms with E-state index in [2.05, 4.69) is 34.7 Å². The summed E-state index contributed by atoms with van der Waals surface area (Å²) in [6.45, 7) is 7.37. The first-order valence-electron chi connectivity index (χ1n) is 5.98. The highest BCUT2D eigenvalue weighted by Crippen LogP contribution is 2.05. The molecule has 0 saturated carbocycles. The fourth-order valence-corrected chi connectivity index (χ4v) is 1.28. The quantitative estimate of drug-likeness (QED) is 0.635. The van der Waals surface area contributed by atoms with Gasteiger partial charge < -0.3 is 19.8 Å². The minimum absolute atomic E-state index is 0.474. The van der Waals surface area contributed by atoms with E-state index in [0.717, 1.165) is 26.1 Å². The van der Waals surface area contributed by atoms with Crippen molar-refractivity contribution in [2.75, 3.05) is 32.1 Å². The average Bonchev–Trinajstić information content (AvgIpc) is 2.72. The molecule has 1 aromatic rings. The molecule has 0 fully saturated rings. The van der Waals surface area contributed by atoms with E-state index in [4.69, 9.17) is 9.15 Å². The lowest BCUT2D eigenvalue weighted by Crippen LogP contribution is -2.19. The molecule has 0 spiro atoms. The van der Waals surface area contributed by atoms with Crippen molar-refractivity contribution in [3.8, 4) is 0 Å². The Bertz CT molecular complexity index is 301. The summed E-state index contributed by atoms with van der Waals surface area (Å²) in [5.74, 6) is 1.23. The summed E-state index contributed by atoms with van der Waals surface area (Å²) in [6.07, 6.45) is 0.916. The Morgan fingerprint density at radius 3 is 2.88 bits per heavy atom. The SMILES string of the molecule is COCCCNc1nnc(CNCC(C)C)o1. The summed E-state index contributed by atoms with van der Waals surface area (Å²) in [6, 6.07) is 0.474. The highest BCUT2D eigenvalue weighted by atomic mass is 16.5. The summed E-state index contributed by atoms with van der Waals surface area (Å²) < 4.78 is 10.4. The van der Waals surface area contributed by atoms with E-state index in [9.17, 15) is 0 Å².